The number of aromatic nitrogens is 5. The number of aryl methyl sites for hydroxylation is 1. The Balaban J connectivity index is 1.44. The highest BCUT2D eigenvalue weighted by molar-refractivity contribution is 5.89. The fourth-order valence-electron chi connectivity index (χ4n) is 5.85. The molecule has 0 atom stereocenters. The molecule has 1 amide bonds. The number of hydrogen-bond donors (Lipinski definition) is 1. The molecule has 0 unspecified atom stereocenters. The molecule has 0 spiro atoms. The highest BCUT2D eigenvalue weighted by Gasteiger charge is 2.28. The van der Waals surface area contributed by atoms with Gasteiger partial charge in [-0.1, -0.05) is 13.8 Å². The average Bonchev–Trinajstić information content (AvgIpc) is 3.50. The maximum Gasteiger partial charge on any atom is 0.236 e. The number of fused-ring (bicyclic) bond motifs is 2. The van der Waals surface area contributed by atoms with Crippen molar-refractivity contribution < 1.29 is 4.79 Å². The van der Waals surface area contributed by atoms with Crippen LogP contribution in [-0.2, 0) is 4.79 Å². The van der Waals surface area contributed by atoms with E-state index in [4.69, 9.17) is 4.98 Å². The van der Waals surface area contributed by atoms with Crippen molar-refractivity contribution in [1.82, 2.24) is 34.4 Å². The summed E-state index contributed by atoms with van der Waals surface area (Å²) in [6.07, 6.45) is 8.07. The fraction of sp³-hybridized carbons (Fsp3) is 0.517. The second kappa shape index (κ2) is 9.89. The zero-order chi connectivity index (χ0) is 26.4. The molecule has 8 nitrogen and oxygen atoms in total. The van der Waals surface area contributed by atoms with Crippen molar-refractivity contribution in [2.24, 2.45) is 0 Å². The minimum atomic E-state index is 0.162. The number of amides is 1. The SMILES string of the molecule is Cc1c(-c2[nH]c3ccc(C4CCC(N(C)CC(=O)N(C)C)CC4)nc3c2C(C)C)cn2ncnc2c1C. The number of carbonyl (C=O) groups is 1. The van der Waals surface area contributed by atoms with Crippen LogP contribution in [0, 0.1) is 13.8 Å². The van der Waals surface area contributed by atoms with Gasteiger partial charge in [-0.25, -0.2) is 9.50 Å². The van der Waals surface area contributed by atoms with E-state index in [0.29, 0.717) is 24.4 Å². The topological polar surface area (TPSA) is 82.4 Å². The highest BCUT2D eigenvalue weighted by Crippen LogP contribution is 2.39. The quantitative estimate of drug-likeness (QED) is 0.399. The molecule has 0 saturated heterocycles. The molecule has 0 bridgehead atoms. The van der Waals surface area contributed by atoms with E-state index < -0.39 is 0 Å². The Morgan fingerprint density at radius 2 is 1.84 bits per heavy atom. The van der Waals surface area contributed by atoms with Crippen molar-refractivity contribution in [3.8, 4) is 11.3 Å². The number of rotatable bonds is 6. The Hall–Kier alpha value is -3.26. The van der Waals surface area contributed by atoms with Crippen LogP contribution in [0.1, 0.15) is 73.8 Å². The molecule has 1 aliphatic rings. The lowest BCUT2D eigenvalue weighted by atomic mass is 9.83. The number of carbonyl (C=O) groups excluding carboxylic acids is 1. The highest BCUT2D eigenvalue weighted by atomic mass is 16.2. The number of likely N-dealkylation sites (N-methyl/N-ethyl adjacent to an activating group) is 2. The number of nitrogens with zero attached hydrogens (tertiary/aromatic N) is 6. The Labute approximate surface area is 219 Å². The maximum atomic E-state index is 12.2. The normalized spacial score (nSPS) is 18.4. The number of hydrogen-bond acceptors (Lipinski definition) is 5. The van der Waals surface area contributed by atoms with Crippen LogP contribution < -0.4 is 0 Å². The molecule has 0 aliphatic heterocycles. The number of nitrogens with one attached hydrogen (secondary N) is 1. The molecule has 4 aromatic heterocycles. The first-order chi connectivity index (χ1) is 17.7. The standard InChI is InChI=1S/C29H39N7O/c1-17(2)26-27(22-14-36-29(30-16-31-36)19(4)18(22)3)33-24-13-12-23(32-28(24)26)20-8-10-21(11-9-20)35(7)15-25(37)34(5)6/h12-14,16-17,20-21,33H,8-11,15H2,1-7H3. The summed E-state index contributed by atoms with van der Waals surface area (Å²) in [7, 11) is 5.72. The van der Waals surface area contributed by atoms with Gasteiger partial charge in [0.25, 0.3) is 0 Å². The van der Waals surface area contributed by atoms with Gasteiger partial charge in [0.1, 0.15) is 6.33 Å². The molecule has 8 heteroatoms. The van der Waals surface area contributed by atoms with E-state index in [1.165, 1.54) is 16.8 Å². The number of pyridine rings is 2. The van der Waals surface area contributed by atoms with Gasteiger partial charge in [0.05, 0.1) is 23.3 Å². The van der Waals surface area contributed by atoms with E-state index in [1.807, 2.05) is 18.6 Å². The first-order valence-electron chi connectivity index (χ1n) is 13.4. The molecule has 1 fully saturated rings. The van der Waals surface area contributed by atoms with Crippen molar-refractivity contribution in [2.45, 2.75) is 71.3 Å². The summed E-state index contributed by atoms with van der Waals surface area (Å²) in [5.41, 5.74) is 10.1. The van der Waals surface area contributed by atoms with Gasteiger partial charge in [0.15, 0.2) is 5.65 Å². The lowest BCUT2D eigenvalue weighted by Gasteiger charge is -2.34. The summed E-state index contributed by atoms with van der Waals surface area (Å²) < 4.78 is 1.87. The molecule has 37 heavy (non-hydrogen) atoms. The van der Waals surface area contributed by atoms with Crippen LogP contribution in [0.3, 0.4) is 0 Å². The van der Waals surface area contributed by atoms with Gasteiger partial charge in [0.2, 0.25) is 5.91 Å². The zero-order valence-corrected chi connectivity index (χ0v) is 23.2. The number of H-pyrrole nitrogens is 1. The fourth-order valence-corrected chi connectivity index (χ4v) is 5.85. The second-order valence-electron chi connectivity index (χ2n) is 11.2. The Kier molecular flexibility index (Phi) is 6.79. The van der Waals surface area contributed by atoms with Crippen LogP contribution in [0.5, 0.6) is 0 Å². The smallest absolute Gasteiger partial charge is 0.236 e. The van der Waals surface area contributed by atoms with E-state index in [2.05, 4.69) is 73.0 Å². The molecule has 0 aromatic carbocycles. The van der Waals surface area contributed by atoms with Crippen LogP contribution in [-0.4, -0.2) is 74.0 Å². The second-order valence-corrected chi connectivity index (χ2v) is 11.2. The van der Waals surface area contributed by atoms with Gasteiger partial charge in [-0.15, -0.1) is 0 Å². The van der Waals surface area contributed by atoms with Gasteiger partial charge >= 0.3 is 0 Å². The van der Waals surface area contributed by atoms with E-state index in [-0.39, 0.29) is 5.91 Å². The summed E-state index contributed by atoms with van der Waals surface area (Å²) in [6, 6.07) is 4.86. The van der Waals surface area contributed by atoms with Crippen molar-refractivity contribution in [3.05, 3.63) is 47.0 Å². The van der Waals surface area contributed by atoms with E-state index >= 15 is 0 Å². The molecular weight excluding hydrogens is 462 g/mol. The Bertz CT molecular complexity index is 1440. The summed E-state index contributed by atoms with van der Waals surface area (Å²) in [4.78, 5) is 29.4. The summed E-state index contributed by atoms with van der Waals surface area (Å²) in [6.45, 7) is 9.24. The monoisotopic (exact) mass is 501 g/mol. The summed E-state index contributed by atoms with van der Waals surface area (Å²) >= 11 is 0. The molecular formula is C29H39N7O. The van der Waals surface area contributed by atoms with Crippen LogP contribution in [0.25, 0.3) is 27.9 Å². The third kappa shape index (κ3) is 4.63. The van der Waals surface area contributed by atoms with Crippen molar-refractivity contribution in [1.29, 1.82) is 0 Å². The molecule has 0 radical (unpaired) electrons. The minimum absolute atomic E-state index is 0.162. The van der Waals surface area contributed by atoms with Gasteiger partial charge in [-0.3, -0.25) is 14.7 Å². The maximum absolute atomic E-state index is 12.2. The van der Waals surface area contributed by atoms with Crippen molar-refractivity contribution in [2.75, 3.05) is 27.7 Å². The van der Waals surface area contributed by atoms with Crippen LogP contribution in [0.15, 0.2) is 24.7 Å². The van der Waals surface area contributed by atoms with E-state index in [1.54, 1.807) is 11.2 Å². The molecule has 1 N–H and O–H groups in total. The van der Waals surface area contributed by atoms with E-state index in [0.717, 1.165) is 59.2 Å². The molecule has 4 aromatic rings. The minimum Gasteiger partial charge on any atom is -0.353 e. The predicted molar refractivity (Wildman–Crippen MR) is 148 cm³/mol. The van der Waals surface area contributed by atoms with E-state index in [9.17, 15) is 4.79 Å². The lowest BCUT2D eigenvalue weighted by Crippen LogP contribution is -2.41. The Morgan fingerprint density at radius 1 is 1.11 bits per heavy atom. The molecule has 4 heterocycles. The zero-order valence-electron chi connectivity index (χ0n) is 23.2. The summed E-state index contributed by atoms with van der Waals surface area (Å²) in [5.74, 6) is 0.929. The van der Waals surface area contributed by atoms with Crippen LogP contribution in [0.2, 0.25) is 0 Å². The van der Waals surface area contributed by atoms with Crippen molar-refractivity contribution >= 4 is 22.6 Å². The molecule has 196 valence electrons. The number of aromatic amines is 1. The summed E-state index contributed by atoms with van der Waals surface area (Å²) in [5, 5.41) is 4.40. The van der Waals surface area contributed by atoms with Crippen LogP contribution >= 0.6 is 0 Å². The van der Waals surface area contributed by atoms with Gasteiger partial charge in [-0.2, -0.15) is 5.10 Å². The average molecular weight is 502 g/mol. The van der Waals surface area contributed by atoms with Gasteiger partial charge < -0.3 is 9.88 Å². The third-order valence-electron chi connectivity index (χ3n) is 8.30. The molecule has 5 rings (SSSR count). The lowest BCUT2D eigenvalue weighted by molar-refractivity contribution is -0.130. The first kappa shape index (κ1) is 25.4. The Morgan fingerprint density at radius 3 is 2.51 bits per heavy atom. The van der Waals surface area contributed by atoms with Crippen LogP contribution in [0.4, 0.5) is 0 Å². The first-order valence-corrected chi connectivity index (χ1v) is 13.4. The van der Waals surface area contributed by atoms with Gasteiger partial charge in [-0.05, 0) is 75.8 Å². The molecule has 1 saturated carbocycles. The third-order valence-corrected chi connectivity index (χ3v) is 8.30. The van der Waals surface area contributed by atoms with Crippen molar-refractivity contribution in [3.63, 3.8) is 0 Å². The largest absolute Gasteiger partial charge is 0.353 e. The predicted octanol–water partition coefficient (Wildman–Crippen LogP) is 5.06. The molecule has 1 aliphatic carbocycles. The van der Waals surface area contributed by atoms with Gasteiger partial charge in [0, 0.05) is 49.1 Å².